The molecule has 0 unspecified atom stereocenters. The Morgan fingerprint density at radius 1 is 1.32 bits per heavy atom. The Hall–Kier alpha value is -2.11. The van der Waals surface area contributed by atoms with Crippen molar-refractivity contribution >= 4 is 46.1 Å². The number of hydrogen-bond acceptors (Lipinski definition) is 6. The van der Waals surface area contributed by atoms with Crippen molar-refractivity contribution in [1.29, 1.82) is 5.26 Å². The number of piperidine rings is 1. The first-order chi connectivity index (χ1) is 13.3. The molecule has 8 heteroatoms. The van der Waals surface area contributed by atoms with Gasteiger partial charge in [-0.05, 0) is 44.2 Å². The zero-order valence-electron chi connectivity index (χ0n) is 16.6. The van der Waals surface area contributed by atoms with Gasteiger partial charge in [0.25, 0.3) is 11.5 Å². The Labute approximate surface area is 174 Å². The second-order valence-corrected chi connectivity index (χ2v) is 8.98. The van der Waals surface area contributed by atoms with Gasteiger partial charge in [-0.2, -0.15) is 5.26 Å². The molecule has 1 amide bonds. The minimum Gasteiger partial charge on any atom is -0.357 e. The average Bonchev–Trinajstić information content (AvgIpc) is 2.91. The first-order valence-electron chi connectivity index (χ1n) is 9.44. The van der Waals surface area contributed by atoms with Crippen LogP contribution in [-0.2, 0) is 11.3 Å². The van der Waals surface area contributed by atoms with Crippen LogP contribution in [0.4, 0.5) is 5.82 Å². The van der Waals surface area contributed by atoms with Gasteiger partial charge in [0, 0.05) is 32.2 Å². The quantitative estimate of drug-likeness (QED) is 0.557. The van der Waals surface area contributed by atoms with Crippen LogP contribution in [0.2, 0.25) is 0 Å². The summed E-state index contributed by atoms with van der Waals surface area (Å²) in [7, 11) is 1.66. The Bertz CT molecular complexity index is 966. The van der Waals surface area contributed by atoms with Crippen LogP contribution in [0.3, 0.4) is 0 Å². The molecule has 6 nitrogen and oxygen atoms in total. The molecule has 0 radical (unpaired) electrons. The fourth-order valence-corrected chi connectivity index (χ4v) is 4.84. The Morgan fingerprint density at radius 2 is 1.96 bits per heavy atom. The minimum absolute atomic E-state index is 0.134. The number of likely N-dealkylation sites (N-methyl/N-ethyl adjacent to an activating group) is 1. The summed E-state index contributed by atoms with van der Waals surface area (Å²) in [6.07, 6.45) is 3.90. The van der Waals surface area contributed by atoms with E-state index in [-0.39, 0.29) is 17.0 Å². The van der Waals surface area contributed by atoms with Gasteiger partial charge in [-0.15, -0.1) is 0 Å². The van der Waals surface area contributed by atoms with Crippen molar-refractivity contribution in [2.75, 3.05) is 25.0 Å². The van der Waals surface area contributed by atoms with E-state index >= 15 is 0 Å². The maximum absolute atomic E-state index is 12.9. The van der Waals surface area contributed by atoms with Crippen LogP contribution in [0.5, 0.6) is 0 Å². The van der Waals surface area contributed by atoms with E-state index in [0.717, 1.165) is 37.3 Å². The summed E-state index contributed by atoms with van der Waals surface area (Å²) in [5.41, 5.74) is 1.25. The number of hydrogen-bond donors (Lipinski definition) is 0. The number of rotatable bonds is 3. The number of aromatic nitrogens is 1. The van der Waals surface area contributed by atoms with Crippen LogP contribution in [-0.4, -0.2) is 39.8 Å². The highest BCUT2D eigenvalue weighted by molar-refractivity contribution is 8.26. The van der Waals surface area contributed by atoms with Gasteiger partial charge in [-0.1, -0.05) is 30.9 Å². The highest BCUT2D eigenvalue weighted by Gasteiger charge is 2.31. The lowest BCUT2D eigenvalue weighted by atomic mass is 9.97. The molecule has 0 spiro atoms. The van der Waals surface area contributed by atoms with Gasteiger partial charge >= 0.3 is 0 Å². The van der Waals surface area contributed by atoms with E-state index in [1.54, 1.807) is 24.6 Å². The summed E-state index contributed by atoms with van der Waals surface area (Å²) in [4.78, 5) is 29.7. The lowest BCUT2D eigenvalue weighted by Crippen LogP contribution is -2.39. The summed E-state index contributed by atoms with van der Waals surface area (Å²) < 4.78 is 2.17. The van der Waals surface area contributed by atoms with Gasteiger partial charge in [0.15, 0.2) is 0 Å². The smallest absolute Gasteiger partial charge is 0.270 e. The largest absolute Gasteiger partial charge is 0.357 e. The fourth-order valence-electron chi connectivity index (χ4n) is 3.68. The minimum atomic E-state index is -0.267. The fraction of sp³-hybridized carbons (Fsp3) is 0.500. The molecule has 148 valence electrons. The van der Waals surface area contributed by atoms with Gasteiger partial charge < -0.3 is 4.90 Å². The van der Waals surface area contributed by atoms with Gasteiger partial charge in [0.1, 0.15) is 21.8 Å². The Balaban J connectivity index is 2.25. The molecule has 0 aliphatic carbocycles. The topological polar surface area (TPSA) is 69.3 Å². The lowest BCUT2D eigenvalue weighted by molar-refractivity contribution is -0.121. The van der Waals surface area contributed by atoms with Crippen molar-refractivity contribution in [3.05, 3.63) is 31.9 Å². The molecule has 0 saturated carbocycles. The van der Waals surface area contributed by atoms with E-state index in [1.807, 2.05) is 6.92 Å². The van der Waals surface area contributed by atoms with Crippen molar-refractivity contribution in [2.24, 2.45) is 5.92 Å². The molecule has 2 fully saturated rings. The zero-order chi connectivity index (χ0) is 20.6. The van der Waals surface area contributed by atoms with Crippen LogP contribution >= 0.6 is 24.0 Å². The van der Waals surface area contributed by atoms with E-state index in [9.17, 15) is 14.9 Å². The summed E-state index contributed by atoms with van der Waals surface area (Å²) in [6, 6.07) is 2.06. The predicted octanol–water partition coefficient (Wildman–Crippen LogP) is 3.12. The average molecular weight is 417 g/mol. The number of thiocarbonyl (C=S) groups is 1. The second-order valence-electron chi connectivity index (χ2n) is 7.31. The lowest BCUT2D eigenvalue weighted by Gasteiger charge is -2.35. The van der Waals surface area contributed by atoms with Crippen LogP contribution in [0.1, 0.15) is 43.4 Å². The van der Waals surface area contributed by atoms with E-state index < -0.39 is 0 Å². The number of carbonyl (C=O) groups is 1. The van der Waals surface area contributed by atoms with Crippen molar-refractivity contribution < 1.29 is 4.79 Å². The molecule has 0 bridgehead atoms. The third-order valence-electron chi connectivity index (χ3n) is 5.51. The molecule has 2 aliphatic heterocycles. The number of amides is 1. The number of carbonyl (C=O) groups excluding carboxylic acids is 1. The number of nitrogens with zero attached hydrogens (tertiary/aromatic N) is 4. The third-order valence-corrected chi connectivity index (χ3v) is 6.99. The molecule has 0 aromatic carbocycles. The molecular weight excluding hydrogens is 392 g/mol. The normalized spacial score (nSPS) is 19.6. The van der Waals surface area contributed by atoms with E-state index in [4.69, 9.17) is 12.2 Å². The van der Waals surface area contributed by atoms with Crippen molar-refractivity contribution in [3.8, 4) is 6.07 Å². The highest BCUT2D eigenvalue weighted by atomic mass is 32.2. The molecule has 3 heterocycles. The molecule has 1 aromatic rings. The van der Waals surface area contributed by atoms with Gasteiger partial charge in [0.05, 0.1) is 4.91 Å². The Kier molecular flexibility index (Phi) is 5.96. The molecule has 28 heavy (non-hydrogen) atoms. The van der Waals surface area contributed by atoms with Crippen LogP contribution in [0, 0.1) is 24.2 Å². The summed E-state index contributed by atoms with van der Waals surface area (Å²) in [6.45, 7) is 8.09. The zero-order valence-corrected chi connectivity index (χ0v) is 18.2. The SMILES string of the molecule is CCn1c(N2CCC(C)CC2)c(C=C2SC(=S)N(C)C2=O)c(C)c(C#N)c1=O. The third kappa shape index (κ3) is 3.49. The number of pyridine rings is 1. The standard InChI is InChI=1S/C20H24N4O2S2/c1-5-24-17(23-8-6-12(2)7-9-23)14(13(3)15(11-21)18(24)25)10-16-19(26)22(4)20(27)28-16/h10,12H,5-9H2,1-4H3. The van der Waals surface area contributed by atoms with Crippen molar-refractivity contribution in [3.63, 3.8) is 0 Å². The van der Waals surface area contributed by atoms with E-state index in [1.165, 1.54) is 16.7 Å². The maximum Gasteiger partial charge on any atom is 0.270 e. The van der Waals surface area contributed by atoms with E-state index in [0.29, 0.717) is 27.3 Å². The maximum atomic E-state index is 12.9. The highest BCUT2D eigenvalue weighted by Crippen LogP contribution is 2.36. The number of nitriles is 1. The molecule has 2 saturated heterocycles. The van der Waals surface area contributed by atoms with Crippen molar-refractivity contribution in [2.45, 2.75) is 40.2 Å². The van der Waals surface area contributed by atoms with Crippen LogP contribution < -0.4 is 10.5 Å². The second kappa shape index (κ2) is 8.10. The molecule has 1 aromatic heterocycles. The molecule has 2 aliphatic rings. The van der Waals surface area contributed by atoms with Crippen LogP contribution in [0.15, 0.2) is 9.70 Å². The summed E-state index contributed by atoms with van der Waals surface area (Å²) >= 11 is 6.50. The molecular formula is C20H24N4O2S2. The van der Waals surface area contributed by atoms with Gasteiger partial charge in [-0.25, -0.2) is 0 Å². The Morgan fingerprint density at radius 3 is 2.46 bits per heavy atom. The summed E-state index contributed by atoms with van der Waals surface area (Å²) in [5, 5.41) is 9.58. The predicted molar refractivity (Wildman–Crippen MR) is 117 cm³/mol. The van der Waals surface area contributed by atoms with Gasteiger partial charge in [0.2, 0.25) is 0 Å². The molecule has 0 atom stereocenters. The first-order valence-corrected chi connectivity index (χ1v) is 10.7. The number of thioether (sulfide) groups is 1. The van der Waals surface area contributed by atoms with Crippen LogP contribution in [0.25, 0.3) is 6.08 Å². The van der Waals surface area contributed by atoms with Crippen molar-refractivity contribution in [1.82, 2.24) is 9.47 Å². The summed E-state index contributed by atoms with van der Waals surface area (Å²) in [5.74, 6) is 1.30. The molecule has 3 rings (SSSR count). The molecule has 0 N–H and O–H groups in total. The number of anilines is 1. The first kappa shape index (κ1) is 20.6. The van der Waals surface area contributed by atoms with E-state index in [2.05, 4.69) is 17.9 Å². The van der Waals surface area contributed by atoms with Gasteiger partial charge in [-0.3, -0.25) is 19.1 Å². The monoisotopic (exact) mass is 416 g/mol.